The van der Waals surface area contributed by atoms with Gasteiger partial charge in [0, 0.05) is 37.4 Å². The molecule has 1 aliphatic heterocycles. The molecule has 0 radical (unpaired) electrons. The number of piperazine rings is 1. The SMILES string of the molecule is O=C(Cc1ccccc1Cl)N1CCN(C(=O)NCc2ccn(-c3ccccc3)n2)CC1. The zero-order valence-corrected chi connectivity index (χ0v) is 17.8. The van der Waals surface area contributed by atoms with Gasteiger partial charge in [0.15, 0.2) is 0 Å². The number of benzene rings is 2. The number of amides is 3. The lowest BCUT2D eigenvalue weighted by Gasteiger charge is -2.34. The largest absolute Gasteiger partial charge is 0.339 e. The van der Waals surface area contributed by atoms with Crippen LogP contribution in [0.5, 0.6) is 0 Å². The van der Waals surface area contributed by atoms with Crippen molar-refractivity contribution in [3.63, 3.8) is 0 Å². The fourth-order valence-corrected chi connectivity index (χ4v) is 3.74. The number of halogens is 1. The molecule has 8 heteroatoms. The molecule has 2 heterocycles. The minimum absolute atomic E-state index is 0.0274. The molecule has 160 valence electrons. The molecule has 0 bridgehead atoms. The molecule has 1 aromatic heterocycles. The summed E-state index contributed by atoms with van der Waals surface area (Å²) < 4.78 is 1.78. The second-order valence-corrected chi connectivity index (χ2v) is 7.79. The summed E-state index contributed by atoms with van der Waals surface area (Å²) in [6.45, 7) is 2.38. The van der Waals surface area contributed by atoms with Gasteiger partial charge in [0.05, 0.1) is 24.3 Å². The summed E-state index contributed by atoms with van der Waals surface area (Å²) in [7, 11) is 0. The number of nitrogens with one attached hydrogen (secondary N) is 1. The Kier molecular flexibility index (Phi) is 6.52. The second kappa shape index (κ2) is 9.66. The van der Waals surface area contributed by atoms with E-state index in [-0.39, 0.29) is 18.4 Å². The average molecular weight is 438 g/mol. The van der Waals surface area contributed by atoms with Crippen LogP contribution in [-0.2, 0) is 17.8 Å². The Hall–Kier alpha value is -3.32. The third-order valence-corrected chi connectivity index (χ3v) is 5.67. The normalized spacial score (nSPS) is 13.8. The Morgan fingerprint density at radius 2 is 1.58 bits per heavy atom. The van der Waals surface area contributed by atoms with Crippen LogP contribution in [0.15, 0.2) is 66.9 Å². The van der Waals surface area contributed by atoms with E-state index in [1.54, 1.807) is 20.5 Å². The molecule has 0 atom stereocenters. The predicted octanol–water partition coefficient (Wildman–Crippen LogP) is 3.12. The second-order valence-electron chi connectivity index (χ2n) is 7.38. The van der Waals surface area contributed by atoms with E-state index in [0.29, 0.717) is 37.7 Å². The number of rotatable bonds is 5. The molecule has 1 saturated heterocycles. The smallest absolute Gasteiger partial charge is 0.317 e. The quantitative estimate of drug-likeness (QED) is 0.666. The standard InChI is InChI=1S/C23H24ClN5O2/c24-21-9-5-4-6-18(21)16-22(30)27-12-14-28(15-13-27)23(31)25-17-19-10-11-29(26-19)20-7-2-1-3-8-20/h1-11H,12-17H2,(H,25,31). The van der Waals surface area contributed by atoms with Gasteiger partial charge in [0.1, 0.15) is 0 Å². The van der Waals surface area contributed by atoms with Gasteiger partial charge in [-0.15, -0.1) is 0 Å². The Morgan fingerprint density at radius 3 is 2.32 bits per heavy atom. The maximum absolute atomic E-state index is 12.6. The molecule has 0 unspecified atom stereocenters. The molecule has 0 spiro atoms. The van der Waals surface area contributed by atoms with E-state index in [9.17, 15) is 9.59 Å². The van der Waals surface area contributed by atoms with Crippen molar-refractivity contribution in [3.8, 4) is 5.69 Å². The predicted molar refractivity (Wildman–Crippen MR) is 119 cm³/mol. The molecule has 3 aromatic rings. The first kappa shape index (κ1) is 20.9. The number of aromatic nitrogens is 2. The summed E-state index contributed by atoms with van der Waals surface area (Å²) in [5, 5.41) is 8.02. The van der Waals surface area contributed by atoms with Crippen molar-refractivity contribution in [1.29, 1.82) is 0 Å². The lowest BCUT2D eigenvalue weighted by Crippen LogP contribution is -2.53. The lowest BCUT2D eigenvalue weighted by atomic mass is 10.1. The highest BCUT2D eigenvalue weighted by Gasteiger charge is 2.24. The van der Waals surface area contributed by atoms with Crippen molar-refractivity contribution in [3.05, 3.63) is 83.1 Å². The van der Waals surface area contributed by atoms with Gasteiger partial charge in [0.25, 0.3) is 0 Å². The Morgan fingerprint density at radius 1 is 0.903 bits per heavy atom. The highest BCUT2D eigenvalue weighted by atomic mass is 35.5. The first-order valence-electron chi connectivity index (χ1n) is 10.2. The van der Waals surface area contributed by atoms with Gasteiger partial charge in [-0.25, -0.2) is 9.48 Å². The van der Waals surface area contributed by atoms with Crippen LogP contribution >= 0.6 is 11.6 Å². The third-order valence-electron chi connectivity index (χ3n) is 5.30. The highest BCUT2D eigenvalue weighted by Crippen LogP contribution is 2.17. The molecule has 4 rings (SSSR count). The summed E-state index contributed by atoms with van der Waals surface area (Å²) in [4.78, 5) is 28.6. The van der Waals surface area contributed by atoms with E-state index in [1.807, 2.05) is 60.8 Å². The van der Waals surface area contributed by atoms with Crippen LogP contribution in [0.2, 0.25) is 5.02 Å². The van der Waals surface area contributed by atoms with E-state index in [2.05, 4.69) is 10.4 Å². The highest BCUT2D eigenvalue weighted by molar-refractivity contribution is 6.31. The summed E-state index contributed by atoms with van der Waals surface area (Å²) in [5.74, 6) is 0.0274. The molecule has 2 aromatic carbocycles. The monoisotopic (exact) mass is 437 g/mol. The van der Waals surface area contributed by atoms with E-state index in [0.717, 1.165) is 16.9 Å². The van der Waals surface area contributed by atoms with Crippen LogP contribution in [0, 0.1) is 0 Å². The molecular formula is C23H24ClN5O2. The molecule has 0 aliphatic carbocycles. The molecule has 3 amide bonds. The van der Waals surface area contributed by atoms with Gasteiger partial charge in [-0.1, -0.05) is 48.0 Å². The first-order chi connectivity index (χ1) is 15.1. The van der Waals surface area contributed by atoms with Crippen LogP contribution < -0.4 is 5.32 Å². The zero-order chi connectivity index (χ0) is 21.6. The summed E-state index contributed by atoms with van der Waals surface area (Å²) >= 11 is 6.16. The van der Waals surface area contributed by atoms with E-state index >= 15 is 0 Å². The van der Waals surface area contributed by atoms with Crippen LogP contribution in [-0.4, -0.2) is 57.7 Å². The number of para-hydroxylation sites is 1. The van der Waals surface area contributed by atoms with Crippen LogP contribution in [0.1, 0.15) is 11.3 Å². The third kappa shape index (κ3) is 5.24. The molecule has 0 saturated carbocycles. The molecule has 1 fully saturated rings. The first-order valence-corrected chi connectivity index (χ1v) is 10.6. The number of carbonyl (C=O) groups excluding carboxylic acids is 2. The maximum atomic E-state index is 12.6. The van der Waals surface area contributed by atoms with E-state index < -0.39 is 0 Å². The number of carbonyl (C=O) groups is 2. The topological polar surface area (TPSA) is 70.5 Å². The van der Waals surface area contributed by atoms with Gasteiger partial charge >= 0.3 is 6.03 Å². The number of hydrogen-bond donors (Lipinski definition) is 1. The molecule has 7 nitrogen and oxygen atoms in total. The van der Waals surface area contributed by atoms with Crippen molar-refractivity contribution < 1.29 is 9.59 Å². The van der Waals surface area contributed by atoms with Gasteiger partial charge in [-0.3, -0.25) is 4.79 Å². The van der Waals surface area contributed by atoms with Gasteiger partial charge in [0.2, 0.25) is 5.91 Å². The molecular weight excluding hydrogens is 414 g/mol. The fourth-order valence-electron chi connectivity index (χ4n) is 3.53. The van der Waals surface area contributed by atoms with Crippen molar-refractivity contribution in [2.75, 3.05) is 26.2 Å². The Labute approximate surface area is 186 Å². The Balaban J connectivity index is 1.24. The average Bonchev–Trinajstić information content (AvgIpc) is 3.29. The molecule has 1 N–H and O–H groups in total. The van der Waals surface area contributed by atoms with E-state index in [1.165, 1.54) is 0 Å². The van der Waals surface area contributed by atoms with Crippen LogP contribution in [0.4, 0.5) is 4.79 Å². The van der Waals surface area contributed by atoms with Crippen LogP contribution in [0.25, 0.3) is 5.69 Å². The van der Waals surface area contributed by atoms with Crippen molar-refractivity contribution in [1.82, 2.24) is 24.9 Å². The number of nitrogens with zero attached hydrogens (tertiary/aromatic N) is 4. The fraction of sp³-hybridized carbons (Fsp3) is 0.261. The molecule has 1 aliphatic rings. The van der Waals surface area contributed by atoms with Gasteiger partial charge in [-0.2, -0.15) is 5.10 Å². The van der Waals surface area contributed by atoms with Crippen LogP contribution in [0.3, 0.4) is 0 Å². The molecule has 31 heavy (non-hydrogen) atoms. The number of hydrogen-bond acceptors (Lipinski definition) is 3. The van der Waals surface area contributed by atoms with Crippen molar-refractivity contribution >= 4 is 23.5 Å². The summed E-state index contributed by atoms with van der Waals surface area (Å²) in [6, 6.07) is 18.9. The zero-order valence-electron chi connectivity index (χ0n) is 17.1. The number of urea groups is 1. The Bertz CT molecular complexity index is 1040. The van der Waals surface area contributed by atoms with Crippen molar-refractivity contribution in [2.45, 2.75) is 13.0 Å². The van der Waals surface area contributed by atoms with Crippen molar-refractivity contribution in [2.24, 2.45) is 0 Å². The summed E-state index contributed by atoms with van der Waals surface area (Å²) in [6.07, 6.45) is 2.15. The maximum Gasteiger partial charge on any atom is 0.317 e. The minimum Gasteiger partial charge on any atom is -0.339 e. The van der Waals surface area contributed by atoms with Gasteiger partial charge in [-0.05, 0) is 29.8 Å². The minimum atomic E-state index is -0.146. The summed E-state index contributed by atoms with van der Waals surface area (Å²) in [5.41, 5.74) is 2.58. The van der Waals surface area contributed by atoms with Gasteiger partial charge < -0.3 is 15.1 Å². The van der Waals surface area contributed by atoms with E-state index in [4.69, 9.17) is 11.6 Å². The lowest BCUT2D eigenvalue weighted by molar-refractivity contribution is -0.131.